The zero-order valence-corrected chi connectivity index (χ0v) is 26.5. The van der Waals surface area contributed by atoms with Gasteiger partial charge >= 0.3 is 0 Å². The van der Waals surface area contributed by atoms with Crippen molar-refractivity contribution in [2.75, 3.05) is 7.11 Å². The summed E-state index contributed by atoms with van der Waals surface area (Å²) in [6.45, 7) is 2.69. The Bertz CT molecular complexity index is 1390. The highest BCUT2D eigenvalue weighted by Crippen LogP contribution is 2.41. The van der Waals surface area contributed by atoms with Gasteiger partial charge in [-0.15, -0.1) is 0 Å². The summed E-state index contributed by atoms with van der Waals surface area (Å²) >= 11 is 7.19. The van der Waals surface area contributed by atoms with Crippen LogP contribution in [0.3, 0.4) is 0 Å². The highest BCUT2D eigenvalue weighted by molar-refractivity contribution is 14.1. The predicted octanol–water partition coefficient (Wildman–Crippen LogP) is 8.82. The van der Waals surface area contributed by atoms with Crippen LogP contribution in [0.4, 0.5) is 5.69 Å². The van der Waals surface area contributed by atoms with Gasteiger partial charge in [0.2, 0.25) is 0 Å². The highest BCUT2D eigenvalue weighted by atomic mass is 127. The van der Waals surface area contributed by atoms with Crippen molar-refractivity contribution >= 4 is 73.1 Å². The van der Waals surface area contributed by atoms with Crippen molar-refractivity contribution in [2.45, 2.75) is 45.3 Å². The molecule has 5 rings (SSSR count). The largest absolute Gasteiger partial charge is 0.493 e. The van der Waals surface area contributed by atoms with E-state index in [1.54, 1.807) is 7.11 Å². The lowest BCUT2D eigenvalue weighted by molar-refractivity contribution is -0.124. The molecule has 0 bridgehead atoms. The molecule has 2 aliphatic rings. The van der Waals surface area contributed by atoms with E-state index in [1.165, 1.54) is 18.2 Å². The topological polar surface area (TPSA) is 51.1 Å². The van der Waals surface area contributed by atoms with Crippen LogP contribution in [0, 0.1) is 9.49 Å². The number of methoxy groups -OCH3 is 1. The van der Waals surface area contributed by atoms with Crippen LogP contribution in [0.2, 0.25) is 0 Å². The Morgan fingerprint density at radius 2 is 1.85 bits per heavy atom. The summed E-state index contributed by atoms with van der Waals surface area (Å²) in [5.41, 5.74) is 2.81. The molecule has 8 heteroatoms. The molecule has 0 radical (unpaired) electrons. The quantitative estimate of drug-likeness (QED) is 0.181. The molecule has 2 atom stereocenters. The first-order valence-corrected chi connectivity index (χ1v) is 15.7. The van der Waals surface area contributed by atoms with Gasteiger partial charge in [0.15, 0.2) is 16.7 Å². The zero-order chi connectivity index (χ0) is 27.4. The van der Waals surface area contributed by atoms with Crippen molar-refractivity contribution in [3.8, 4) is 11.5 Å². The third kappa shape index (κ3) is 6.72. The monoisotopic (exact) mass is 716 g/mol. The molecule has 1 aliphatic carbocycles. The standard InChI is InChI=1S/C31H30BrIN2O3S/c1-20-8-6-7-11-26(20)35-30(36)28(39-31(35)34-24-9-4-3-5-10-24)18-22-16-25(33)29(27(17-22)37-2)38-19-21-12-14-23(32)15-13-21/h3-5,9-10,12-18,20,26H,6-8,11,19H2,1-2H3/b28-18-,34-31?/t20-,26+/m0/s1. The molecule has 1 aliphatic heterocycles. The molecule has 0 unspecified atom stereocenters. The zero-order valence-electron chi connectivity index (χ0n) is 21.9. The van der Waals surface area contributed by atoms with Crippen LogP contribution in [0.5, 0.6) is 11.5 Å². The van der Waals surface area contributed by atoms with E-state index >= 15 is 0 Å². The molecule has 0 N–H and O–H groups in total. The smallest absolute Gasteiger partial charge is 0.267 e. The van der Waals surface area contributed by atoms with Crippen LogP contribution in [0.25, 0.3) is 6.08 Å². The number of ether oxygens (including phenoxy) is 2. The molecular weight excluding hydrogens is 687 g/mol. The second-order valence-corrected chi connectivity index (χ2v) is 12.9. The van der Waals surface area contributed by atoms with Crippen LogP contribution in [0.1, 0.15) is 43.7 Å². The van der Waals surface area contributed by atoms with Gasteiger partial charge in [0.1, 0.15) is 6.61 Å². The van der Waals surface area contributed by atoms with E-state index in [9.17, 15) is 4.79 Å². The molecule has 202 valence electrons. The predicted molar refractivity (Wildman–Crippen MR) is 172 cm³/mol. The maximum absolute atomic E-state index is 13.8. The van der Waals surface area contributed by atoms with Crippen molar-refractivity contribution in [1.29, 1.82) is 0 Å². The number of para-hydroxylation sites is 1. The van der Waals surface area contributed by atoms with Crippen molar-refractivity contribution < 1.29 is 14.3 Å². The summed E-state index contributed by atoms with van der Waals surface area (Å²) in [5.74, 6) is 1.79. The summed E-state index contributed by atoms with van der Waals surface area (Å²) in [7, 11) is 1.64. The van der Waals surface area contributed by atoms with Crippen LogP contribution >= 0.6 is 50.3 Å². The van der Waals surface area contributed by atoms with E-state index in [0.717, 1.165) is 49.3 Å². The van der Waals surface area contributed by atoms with E-state index in [0.29, 0.717) is 28.9 Å². The third-order valence-corrected chi connectivity index (χ3v) is 9.37. The molecule has 1 heterocycles. The van der Waals surface area contributed by atoms with Gasteiger partial charge in [-0.05, 0) is 107 Å². The van der Waals surface area contributed by atoms with Gasteiger partial charge in [0.05, 0.1) is 21.3 Å². The van der Waals surface area contributed by atoms with Crippen molar-refractivity contribution in [3.05, 3.63) is 90.8 Å². The molecule has 5 nitrogen and oxygen atoms in total. The van der Waals surface area contributed by atoms with Gasteiger partial charge in [0.25, 0.3) is 5.91 Å². The summed E-state index contributed by atoms with van der Waals surface area (Å²) < 4.78 is 13.8. The SMILES string of the molecule is COc1cc(/C=C2\SC(=Nc3ccccc3)N([C@@H]3CCCC[C@@H]3C)C2=O)cc(I)c1OCc1ccc(Br)cc1. The molecule has 39 heavy (non-hydrogen) atoms. The van der Waals surface area contributed by atoms with E-state index < -0.39 is 0 Å². The van der Waals surface area contributed by atoms with Crippen LogP contribution in [0.15, 0.2) is 81.1 Å². The Balaban J connectivity index is 1.44. The number of hydrogen-bond donors (Lipinski definition) is 0. The lowest BCUT2D eigenvalue weighted by Crippen LogP contribution is -2.44. The number of halogens is 2. The molecule has 3 aromatic rings. The molecule has 2 fully saturated rings. The fraction of sp³-hybridized carbons (Fsp3) is 0.290. The number of amidine groups is 1. The Morgan fingerprint density at radius 1 is 1.10 bits per heavy atom. The van der Waals surface area contributed by atoms with Gasteiger partial charge in [-0.25, -0.2) is 4.99 Å². The van der Waals surface area contributed by atoms with Crippen LogP contribution < -0.4 is 9.47 Å². The minimum atomic E-state index is 0.0259. The third-order valence-electron chi connectivity index (χ3n) is 7.06. The Morgan fingerprint density at radius 3 is 2.56 bits per heavy atom. The van der Waals surface area contributed by atoms with Crippen molar-refractivity contribution in [2.24, 2.45) is 10.9 Å². The first-order chi connectivity index (χ1) is 18.9. The van der Waals surface area contributed by atoms with E-state index in [1.807, 2.05) is 77.7 Å². The second kappa shape index (κ2) is 12.9. The van der Waals surface area contributed by atoms with Gasteiger partial charge in [-0.2, -0.15) is 0 Å². The van der Waals surface area contributed by atoms with E-state index in [2.05, 4.69) is 45.4 Å². The van der Waals surface area contributed by atoms with Gasteiger partial charge in [-0.1, -0.05) is 66.0 Å². The first-order valence-electron chi connectivity index (χ1n) is 13.0. The van der Waals surface area contributed by atoms with Gasteiger partial charge in [-0.3, -0.25) is 9.69 Å². The number of hydrogen-bond acceptors (Lipinski definition) is 5. The lowest BCUT2D eigenvalue weighted by atomic mass is 9.85. The molecule has 0 spiro atoms. The molecule has 1 saturated heterocycles. The van der Waals surface area contributed by atoms with Crippen LogP contribution in [-0.4, -0.2) is 29.1 Å². The van der Waals surface area contributed by atoms with E-state index in [4.69, 9.17) is 14.5 Å². The molecule has 1 amide bonds. The summed E-state index contributed by atoms with van der Waals surface area (Å²) in [5, 5.41) is 0.757. The highest BCUT2D eigenvalue weighted by Gasteiger charge is 2.41. The normalized spacial score (nSPS) is 21.5. The molecule has 1 saturated carbocycles. The van der Waals surface area contributed by atoms with E-state index in [-0.39, 0.29) is 11.9 Å². The summed E-state index contributed by atoms with van der Waals surface area (Å²) in [6, 6.07) is 22.0. The number of nitrogens with zero attached hydrogens (tertiary/aromatic N) is 2. The number of amides is 1. The molecule has 0 aromatic heterocycles. The summed E-state index contributed by atoms with van der Waals surface area (Å²) in [4.78, 5) is 21.4. The lowest BCUT2D eigenvalue weighted by Gasteiger charge is -2.35. The Labute approximate surface area is 256 Å². The Hall–Kier alpha value is -2.30. The number of carbonyl (C=O) groups excluding carboxylic acids is 1. The number of rotatable bonds is 7. The number of thioether (sulfide) groups is 1. The Kier molecular flexibility index (Phi) is 9.35. The fourth-order valence-corrected chi connectivity index (χ4v) is 7.09. The van der Waals surface area contributed by atoms with Crippen molar-refractivity contribution in [1.82, 2.24) is 4.90 Å². The van der Waals surface area contributed by atoms with Crippen molar-refractivity contribution in [3.63, 3.8) is 0 Å². The number of carbonyl (C=O) groups is 1. The maximum Gasteiger partial charge on any atom is 0.267 e. The number of benzene rings is 3. The van der Waals surface area contributed by atoms with Crippen LogP contribution in [-0.2, 0) is 11.4 Å². The molecular formula is C31H30BrIN2O3S. The molecule has 3 aromatic carbocycles. The summed E-state index contributed by atoms with van der Waals surface area (Å²) in [6.07, 6.45) is 6.44. The van der Waals surface area contributed by atoms with Gasteiger partial charge in [0, 0.05) is 10.5 Å². The minimum Gasteiger partial charge on any atom is -0.493 e. The fourth-order valence-electron chi connectivity index (χ4n) is 5.00. The average Bonchev–Trinajstić information content (AvgIpc) is 3.23. The minimum absolute atomic E-state index is 0.0259. The van der Waals surface area contributed by atoms with Gasteiger partial charge < -0.3 is 9.47 Å². The maximum atomic E-state index is 13.8. The average molecular weight is 717 g/mol. The number of aliphatic imine (C=N–C) groups is 1. The second-order valence-electron chi connectivity index (χ2n) is 9.79. The first kappa shape index (κ1) is 28.2.